The highest BCUT2D eigenvalue weighted by Crippen LogP contribution is 2.44. The van der Waals surface area contributed by atoms with E-state index in [-0.39, 0.29) is 11.5 Å². The van der Waals surface area contributed by atoms with E-state index in [2.05, 4.69) is 29.8 Å². The molecule has 1 aromatic heterocycles. The van der Waals surface area contributed by atoms with Gasteiger partial charge in [-0.05, 0) is 76.2 Å². The number of aliphatic carboxylic acids is 1. The first-order chi connectivity index (χ1) is 18.3. The van der Waals surface area contributed by atoms with Crippen molar-refractivity contribution in [2.45, 2.75) is 64.3 Å². The SMILES string of the molecule is CC1(C)Cc2c(Cl)ccc(CN3CCC4(CC3)CCN(C(=O)c3ccncc3)CC4)c2O1.O=C(O)C(F)(F)F. The lowest BCUT2D eigenvalue weighted by Gasteiger charge is -2.47. The zero-order valence-electron chi connectivity index (χ0n) is 22.1. The molecule has 0 atom stereocenters. The number of alkyl halides is 3. The molecule has 1 spiro atoms. The van der Waals surface area contributed by atoms with Gasteiger partial charge in [0.25, 0.3) is 5.91 Å². The molecule has 7 nitrogen and oxygen atoms in total. The molecule has 0 radical (unpaired) electrons. The van der Waals surface area contributed by atoms with Crippen molar-refractivity contribution in [2.24, 2.45) is 5.41 Å². The Morgan fingerprint density at radius 2 is 1.59 bits per heavy atom. The zero-order valence-corrected chi connectivity index (χ0v) is 22.8. The highest BCUT2D eigenvalue weighted by Gasteiger charge is 2.40. The molecule has 0 unspecified atom stereocenters. The Bertz CT molecular complexity index is 1190. The minimum Gasteiger partial charge on any atom is -0.487 e. The number of likely N-dealkylation sites (tertiary alicyclic amines) is 2. The molecule has 212 valence electrons. The number of halogens is 4. The van der Waals surface area contributed by atoms with Crippen molar-refractivity contribution in [3.63, 3.8) is 0 Å². The van der Waals surface area contributed by atoms with Gasteiger partial charge in [-0.3, -0.25) is 14.7 Å². The molecule has 0 saturated carbocycles. The summed E-state index contributed by atoms with van der Waals surface area (Å²) in [6, 6.07) is 7.78. The van der Waals surface area contributed by atoms with E-state index in [1.807, 2.05) is 23.1 Å². The molecule has 11 heteroatoms. The van der Waals surface area contributed by atoms with Crippen LogP contribution in [0.5, 0.6) is 5.75 Å². The van der Waals surface area contributed by atoms with Crippen LogP contribution in [0.4, 0.5) is 13.2 Å². The van der Waals surface area contributed by atoms with Gasteiger partial charge in [0.1, 0.15) is 11.4 Å². The van der Waals surface area contributed by atoms with Crippen molar-refractivity contribution < 1.29 is 32.6 Å². The number of fused-ring (bicyclic) bond motifs is 1. The second-order valence-corrected chi connectivity index (χ2v) is 11.6. The molecule has 39 heavy (non-hydrogen) atoms. The van der Waals surface area contributed by atoms with E-state index in [0.717, 1.165) is 73.9 Å². The fraction of sp³-hybridized carbons (Fsp3) is 0.536. The summed E-state index contributed by atoms with van der Waals surface area (Å²) in [7, 11) is 0. The zero-order chi connectivity index (χ0) is 28.4. The molecule has 1 N–H and O–H groups in total. The van der Waals surface area contributed by atoms with Crippen LogP contribution < -0.4 is 4.74 Å². The number of hydrogen-bond donors (Lipinski definition) is 1. The van der Waals surface area contributed by atoms with E-state index in [4.69, 9.17) is 26.2 Å². The van der Waals surface area contributed by atoms with Crippen LogP contribution in [-0.4, -0.2) is 69.7 Å². The van der Waals surface area contributed by atoms with E-state index in [0.29, 0.717) is 5.41 Å². The van der Waals surface area contributed by atoms with Crippen molar-refractivity contribution in [1.82, 2.24) is 14.8 Å². The lowest BCUT2D eigenvalue weighted by Crippen LogP contribution is -2.48. The third-order valence-corrected chi connectivity index (χ3v) is 8.21. The number of pyridine rings is 1. The summed E-state index contributed by atoms with van der Waals surface area (Å²) in [5, 5.41) is 7.94. The van der Waals surface area contributed by atoms with Crippen molar-refractivity contribution in [3.05, 3.63) is 58.4 Å². The minimum atomic E-state index is -5.08. The second-order valence-electron chi connectivity index (χ2n) is 11.2. The first-order valence-corrected chi connectivity index (χ1v) is 13.4. The smallest absolute Gasteiger partial charge is 0.487 e. The van der Waals surface area contributed by atoms with Crippen molar-refractivity contribution in [1.29, 1.82) is 0 Å². The number of carbonyl (C=O) groups excluding carboxylic acids is 1. The fourth-order valence-electron chi connectivity index (χ4n) is 5.59. The molecular formula is C28H33ClF3N3O4. The molecule has 2 fully saturated rings. The van der Waals surface area contributed by atoms with Gasteiger partial charge in [-0.2, -0.15) is 13.2 Å². The molecular weight excluding hydrogens is 535 g/mol. The molecule has 1 amide bonds. The summed E-state index contributed by atoms with van der Waals surface area (Å²) in [6.45, 7) is 9.08. The first-order valence-electron chi connectivity index (χ1n) is 13.0. The molecule has 3 aliphatic heterocycles. The van der Waals surface area contributed by atoms with Crippen LogP contribution in [0.25, 0.3) is 0 Å². The summed E-state index contributed by atoms with van der Waals surface area (Å²) in [5.74, 6) is -1.61. The van der Waals surface area contributed by atoms with Crippen LogP contribution in [0.1, 0.15) is 61.0 Å². The molecule has 3 aliphatic rings. The first kappa shape index (κ1) is 29.1. The summed E-state index contributed by atoms with van der Waals surface area (Å²) >= 11 is 6.46. The Hall–Kier alpha value is -2.85. The topological polar surface area (TPSA) is 83.0 Å². The predicted octanol–water partition coefficient (Wildman–Crippen LogP) is 5.60. The average Bonchev–Trinajstić information content (AvgIpc) is 3.24. The molecule has 2 aromatic rings. The summed E-state index contributed by atoms with van der Waals surface area (Å²) in [6.07, 6.45) is 3.77. The maximum atomic E-state index is 12.8. The largest absolute Gasteiger partial charge is 0.490 e. The van der Waals surface area contributed by atoms with E-state index in [9.17, 15) is 18.0 Å². The summed E-state index contributed by atoms with van der Waals surface area (Å²) in [5.41, 5.74) is 3.35. The normalized spacial score (nSPS) is 20.0. The van der Waals surface area contributed by atoms with Crippen LogP contribution >= 0.6 is 11.6 Å². The number of ether oxygens (including phenoxy) is 1. The lowest BCUT2D eigenvalue weighted by molar-refractivity contribution is -0.192. The number of carbonyl (C=O) groups is 2. The molecule has 0 aliphatic carbocycles. The number of hydrogen-bond acceptors (Lipinski definition) is 5. The Morgan fingerprint density at radius 1 is 1.03 bits per heavy atom. The van der Waals surface area contributed by atoms with Crippen LogP contribution in [0.15, 0.2) is 36.7 Å². The maximum Gasteiger partial charge on any atom is 0.490 e. The Kier molecular flexibility index (Phi) is 8.47. The fourth-order valence-corrected chi connectivity index (χ4v) is 5.81. The molecule has 0 bridgehead atoms. The van der Waals surface area contributed by atoms with Crippen molar-refractivity contribution >= 4 is 23.5 Å². The van der Waals surface area contributed by atoms with Gasteiger partial charge in [0.05, 0.1) is 0 Å². The van der Waals surface area contributed by atoms with Gasteiger partial charge >= 0.3 is 12.1 Å². The Balaban J connectivity index is 0.000000448. The Labute approximate surface area is 230 Å². The van der Waals surface area contributed by atoms with Gasteiger partial charge in [-0.25, -0.2) is 4.79 Å². The third-order valence-electron chi connectivity index (χ3n) is 7.86. The highest BCUT2D eigenvalue weighted by molar-refractivity contribution is 6.31. The number of rotatable bonds is 3. The predicted molar refractivity (Wildman–Crippen MR) is 140 cm³/mol. The lowest BCUT2D eigenvalue weighted by atomic mass is 9.71. The number of benzene rings is 1. The number of amides is 1. The van der Waals surface area contributed by atoms with Crippen LogP contribution in [-0.2, 0) is 17.8 Å². The second kappa shape index (κ2) is 11.3. The number of aromatic nitrogens is 1. The Morgan fingerprint density at radius 3 is 2.15 bits per heavy atom. The van der Waals surface area contributed by atoms with E-state index < -0.39 is 12.1 Å². The number of carboxylic acids is 1. The molecule has 5 rings (SSSR count). The van der Waals surface area contributed by atoms with Gasteiger partial charge in [-0.1, -0.05) is 17.7 Å². The quantitative estimate of drug-likeness (QED) is 0.520. The van der Waals surface area contributed by atoms with Crippen LogP contribution in [0.3, 0.4) is 0 Å². The van der Waals surface area contributed by atoms with Gasteiger partial charge in [0.2, 0.25) is 0 Å². The summed E-state index contributed by atoms with van der Waals surface area (Å²) < 4.78 is 38.0. The number of piperidine rings is 2. The number of nitrogens with zero attached hydrogens (tertiary/aromatic N) is 3. The van der Waals surface area contributed by atoms with Gasteiger partial charge in [-0.15, -0.1) is 0 Å². The van der Waals surface area contributed by atoms with Gasteiger partial charge in [0, 0.05) is 60.2 Å². The van der Waals surface area contributed by atoms with Crippen LogP contribution in [0, 0.1) is 5.41 Å². The monoisotopic (exact) mass is 567 g/mol. The van der Waals surface area contributed by atoms with Gasteiger partial charge in [0.15, 0.2) is 0 Å². The molecule has 4 heterocycles. The maximum absolute atomic E-state index is 12.8. The highest BCUT2D eigenvalue weighted by atomic mass is 35.5. The minimum absolute atomic E-state index is 0.138. The van der Waals surface area contributed by atoms with Crippen LogP contribution in [0.2, 0.25) is 5.02 Å². The van der Waals surface area contributed by atoms with Gasteiger partial charge < -0.3 is 14.7 Å². The third kappa shape index (κ3) is 7.03. The standard InChI is InChI=1S/C26H32ClN3O2.C2HF3O2/c1-25(2)17-21-22(27)4-3-20(23(21)32-25)18-29-13-7-26(8-14-29)9-15-30(16-10-26)24(31)19-5-11-28-12-6-19;3-2(4,5)1(6)7/h3-6,11-12H,7-10,13-18H2,1-2H3;(H,6,7). The van der Waals surface area contributed by atoms with E-state index in [1.54, 1.807) is 12.4 Å². The van der Waals surface area contributed by atoms with Crippen molar-refractivity contribution in [3.8, 4) is 5.75 Å². The molecule has 2 saturated heterocycles. The average molecular weight is 568 g/mol. The van der Waals surface area contributed by atoms with Crippen molar-refractivity contribution in [2.75, 3.05) is 26.2 Å². The number of carboxylic acid groups (broad SMARTS) is 1. The van der Waals surface area contributed by atoms with E-state index >= 15 is 0 Å². The summed E-state index contributed by atoms with van der Waals surface area (Å²) in [4.78, 5) is 30.2. The van der Waals surface area contributed by atoms with E-state index in [1.165, 1.54) is 18.4 Å². The molecule has 1 aromatic carbocycles.